The zero-order valence-corrected chi connectivity index (χ0v) is 15.1. The monoisotopic (exact) mass is 337 g/mol. The molecule has 2 N–H and O–H groups in total. The largest absolute Gasteiger partial charge is 0.366 e. The van der Waals surface area contributed by atoms with Crippen LogP contribution in [0.2, 0.25) is 0 Å². The van der Waals surface area contributed by atoms with E-state index in [1.807, 2.05) is 19.9 Å². The van der Waals surface area contributed by atoms with E-state index >= 15 is 0 Å². The number of hydrogen-bond donors (Lipinski definition) is 2. The van der Waals surface area contributed by atoms with Crippen molar-refractivity contribution >= 4 is 5.82 Å². The van der Waals surface area contributed by atoms with E-state index in [9.17, 15) is 4.79 Å². The molecule has 0 aliphatic rings. The second kappa shape index (κ2) is 6.93. The van der Waals surface area contributed by atoms with E-state index in [1.54, 1.807) is 4.68 Å². The number of H-pyrrole nitrogens is 1. The first kappa shape index (κ1) is 17.0. The van der Waals surface area contributed by atoms with Crippen molar-refractivity contribution in [2.45, 2.75) is 40.7 Å². The summed E-state index contributed by atoms with van der Waals surface area (Å²) < 4.78 is 1.65. The topological polar surface area (TPSA) is 75.6 Å². The van der Waals surface area contributed by atoms with Gasteiger partial charge in [0.2, 0.25) is 5.95 Å². The summed E-state index contributed by atoms with van der Waals surface area (Å²) in [6.45, 7) is 8.80. The van der Waals surface area contributed by atoms with Crippen LogP contribution in [-0.2, 0) is 13.0 Å². The Morgan fingerprint density at radius 3 is 2.76 bits per heavy atom. The Bertz CT molecular complexity index is 955. The van der Waals surface area contributed by atoms with Gasteiger partial charge in [0.15, 0.2) is 0 Å². The second-order valence-electron chi connectivity index (χ2n) is 6.21. The predicted molar refractivity (Wildman–Crippen MR) is 99.3 cm³/mol. The highest BCUT2D eigenvalue weighted by molar-refractivity contribution is 5.44. The molecule has 0 atom stereocenters. The molecule has 3 aromatic rings. The molecule has 2 heterocycles. The Labute approximate surface area is 146 Å². The van der Waals surface area contributed by atoms with Gasteiger partial charge >= 0.3 is 0 Å². The molecule has 0 aliphatic heterocycles. The summed E-state index contributed by atoms with van der Waals surface area (Å²) in [5, 5.41) is 7.88. The van der Waals surface area contributed by atoms with Crippen LogP contribution in [0.5, 0.6) is 0 Å². The van der Waals surface area contributed by atoms with E-state index < -0.39 is 0 Å². The van der Waals surface area contributed by atoms with Gasteiger partial charge in [0, 0.05) is 24.4 Å². The maximum atomic E-state index is 11.9. The van der Waals surface area contributed by atoms with E-state index in [1.165, 1.54) is 22.8 Å². The summed E-state index contributed by atoms with van der Waals surface area (Å²) in [5.41, 5.74) is 5.20. The van der Waals surface area contributed by atoms with Crippen molar-refractivity contribution in [2.24, 2.45) is 0 Å². The van der Waals surface area contributed by atoms with E-state index in [0.717, 1.165) is 17.2 Å². The summed E-state index contributed by atoms with van der Waals surface area (Å²) in [7, 11) is 0. The molecular formula is C19H23N5O. The van der Waals surface area contributed by atoms with Crippen LogP contribution in [-0.4, -0.2) is 19.7 Å². The number of benzene rings is 1. The van der Waals surface area contributed by atoms with Gasteiger partial charge in [-0.25, -0.2) is 4.98 Å². The average Bonchev–Trinajstić information content (AvgIpc) is 2.96. The number of nitrogens with zero attached hydrogens (tertiary/aromatic N) is 3. The average molecular weight is 337 g/mol. The smallest absolute Gasteiger partial charge is 0.252 e. The first-order valence-corrected chi connectivity index (χ1v) is 8.44. The van der Waals surface area contributed by atoms with Crippen molar-refractivity contribution in [3.8, 4) is 5.95 Å². The lowest BCUT2D eigenvalue weighted by Gasteiger charge is -2.12. The summed E-state index contributed by atoms with van der Waals surface area (Å²) >= 11 is 0. The molecule has 25 heavy (non-hydrogen) atoms. The molecule has 2 aromatic heterocycles. The lowest BCUT2D eigenvalue weighted by Crippen LogP contribution is -2.16. The summed E-state index contributed by atoms with van der Waals surface area (Å²) in [6, 6.07) is 9.75. The van der Waals surface area contributed by atoms with Gasteiger partial charge in [0.25, 0.3) is 5.56 Å². The summed E-state index contributed by atoms with van der Waals surface area (Å²) in [4.78, 5) is 19.1. The molecule has 0 spiro atoms. The highest BCUT2D eigenvalue weighted by Crippen LogP contribution is 2.18. The molecule has 0 amide bonds. The van der Waals surface area contributed by atoms with Crippen molar-refractivity contribution in [3.63, 3.8) is 0 Å². The fourth-order valence-corrected chi connectivity index (χ4v) is 2.75. The van der Waals surface area contributed by atoms with Gasteiger partial charge in [-0.3, -0.25) is 9.78 Å². The SMILES string of the molecule is CCc1cc(=O)[nH]c(-n2nc(C)cc2NCc2cccc(C)c2C)n1. The second-order valence-corrected chi connectivity index (χ2v) is 6.21. The number of hydrogen-bond acceptors (Lipinski definition) is 4. The van der Waals surface area contributed by atoms with E-state index in [0.29, 0.717) is 18.9 Å². The van der Waals surface area contributed by atoms with E-state index in [4.69, 9.17) is 0 Å². The zero-order chi connectivity index (χ0) is 18.0. The number of aromatic nitrogens is 4. The molecule has 0 aliphatic carbocycles. The molecule has 0 saturated carbocycles. The van der Waals surface area contributed by atoms with Crippen LogP contribution < -0.4 is 10.9 Å². The minimum Gasteiger partial charge on any atom is -0.366 e. The maximum Gasteiger partial charge on any atom is 0.252 e. The minimum absolute atomic E-state index is 0.171. The van der Waals surface area contributed by atoms with Crippen molar-refractivity contribution in [1.82, 2.24) is 19.7 Å². The number of aryl methyl sites for hydroxylation is 3. The zero-order valence-electron chi connectivity index (χ0n) is 15.1. The third kappa shape index (κ3) is 3.63. The fourth-order valence-electron chi connectivity index (χ4n) is 2.75. The van der Waals surface area contributed by atoms with Crippen molar-refractivity contribution in [2.75, 3.05) is 5.32 Å². The lowest BCUT2D eigenvalue weighted by atomic mass is 10.0. The van der Waals surface area contributed by atoms with Gasteiger partial charge in [-0.15, -0.1) is 0 Å². The molecule has 0 bridgehead atoms. The van der Waals surface area contributed by atoms with Crippen LogP contribution in [0.3, 0.4) is 0 Å². The first-order chi connectivity index (χ1) is 12.0. The van der Waals surface area contributed by atoms with Crippen LogP contribution in [0.15, 0.2) is 35.1 Å². The van der Waals surface area contributed by atoms with Crippen molar-refractivity contribution < 1.29 is 0 Å². The summed E-state index contributed by atoms with van der Waals surface area (Å²) in [5.74, 6) is 1.23. The van der Waals surface area contributed by atoms with Crippen LogP contribution in [0.1, 0.15) is 35.0 Å². The van der Waals surface area contributed by atoms with Crippen molar-refractivity contribution in [3.05, 3.63) is 68.8 Å². The molecular weight excluding hydrogens is 314 g/mol. The third-order valence-corrected chi connectivity index (χ3v) is 4.35. The maximum absolute atomic E-state index is 11.9. The predicted octanol–water partition coefficient (Wildman–Crippen LogP) is 3.06. The van der Waals surface area contributed by atoms with E-state index in [-0.39, 0.29) is 5.56 Å². The lowest BCUT2D eigenvalue weighted by molar-refractivity contribution is 0.777. The van der Waals surface area contributed by atoms with Crippen molar-refractivity contribution in [1.29, 1.82) is 0 Å². The minimum atomic E-state index is -0.171. The molecule has 130 valence electrons. The van der Waals surface area contributed by atoms with Gasteiger partial charge in [-0.1, -0.05) is 25.1 Å². The molecule has 6 nitrogen and oxygen atoms in total. The van der Waals surface area contributed by atoms with Gasteiger partial charge in [0.05, 0.1) is 5.69 Å². The first-order valence-electron chi connectivity index (χ1n) is 8.44. The van der Waals surface area contributed by atoms with Gasteiger partial charge in [-0.2, -0.15) is 9.78 Å². The standard InChI is InChI=1S/C19H23N5O/c1-5-16-10-18(25)22-19(21-16)24-17(9-13(3)23-24)20-11-15-8-6-7-12(2)14(15)4/h6-10,20H,5,11H2,1-4H3,(H,21,22,25). The molecule has 0 saturated heterocycles. The highest BCUT2D eigenvalue weighted by Gasteiger charge is 2.11. The van der Waals surface area contributed by atoms with Crippen LogP contribution >= 0.6 is 0 Å². The Morgan fingerprint density at radius 2 is 2.00 bits per heavy atom. The Balaban J connectivity index is 1.93. The number of anilines is 1. The number of rotatable bonds is 5. The Hall–Kier alpha value is -2.89. The van der Waals surface area contributed by atoms with Gasteiger partial charge in [0.1, 0.15) is 5.82 Å². The van der Waals surface area contributed by atoms with Crippen LogP contribution in [0.4, 0.5) is 5.82 Å². The Kier molecular flexibility index (Phi) is 4.70. The quantitative estimate of drug-likeness (QED) is 0.750. The third-order valence-electron chi connectivity index (χ3n) is 4.35. The van der Waals surface area contributed by atoms with E-state index in [2.05, 4.69) is 52.4 Å². The molecule has 0 unspecified atom stereocenters. The summed E-state index contributed by atoms with van der Waals surface area (Å²) in [6.07, 6.45) is 0.697. The molecule has 1 aromatic carbocycles. The molecule has 6 heteroatoms. The fraction of sp³-hybridized carbons (Fsp3) is 0.316. The van der Waals surface area contributed by atoms with Gasteiger partial charge in [-0.05, 0) is 43.9 Å². The molecule has 0 fully saturated rings. The van der Waals surface area contributed by atoms with Crippen LogP contribution in [0.25, 0.3) is 5.95 Å². The molecule has 0 radical (unpaired) electrons. The molecule has 3 rings (SSSR count). The Morgan fingerprint density at radius 1 is 1.20 bits per heavy atom. The number of nitrogens with one attached hydrogen (secondary N) is 2. The van der Waals surface area contributed by atoms with Crippen LogP contribution in [0, 0.1) is 20.8 Å². The highest BCUT2D eigenvalue weighted by atomic mass is 16.1. The van der Waals surface area contributed by atoms with Gasteiger partial charge < -0.3 is 5.32 Å². The number of aromatic amines is 1. The normalized spacial score (nSPS) is 10.9.